The van der Waals surface area contributed by atoms with Gasteiger partial charge in [0.2, 0.25) is 0 Å². The highest BCUT2D eigenvalue weighted by Crippen LogP contribution is 2.29. The quantitative estimate of drug-likeness (QED) is 0.558. The highest BCUT2D eigenvalue weighted by atomic mass is 16.5. The summed E-state index contributed by atoms with van der Waals surface area (Å²) in [4.78, 5) is 39.9. The summed E-state index contributed by atoms with van der Waals surface area (Å²) in [6.07, 6.45) is 1.88. The van der Waals surface area contributed by atoms with Crippen molar-refractivity contribution in [2.45, 2.75) is 52.2 Å². The number of ether oxygens (including phenoxy) is 2. The Morgan fingerprint density at radius 1 is 1.03 bits per heavy atom. The highest BCUT2D eigenvalue weighted by Gasteiger charge is 2.34. The van der Waals surface area contributed by atoms with Gasteiger partial charge >= 0.3 is 5.97 Å². The van der Waals surface area contributed by atoms with Crippen LogP contribution in [0.1, 0.15) is 48.2 Å². The van der Waals surface area contributed by atoms with Crippen molar-refractivity contribution >= 4 is 17.8 Å². The van der Waals surface area contributed by atoms with Crippen LogP contribution >= 0.6 is 0 Å². The molecule has 1 saturated carbocycles. The molecule has 2 aromatic rings. The van der Waals surface area contributed by atoms with Crippen LogP contribution in [0, 0.1) is 12.8 Å². The fourth-order valence-electron chi connectivity index (χ4n) is 3.47. The average molecular weight is 453 g/mol. The third-order valence-corrected chi connectivity index (χ3v) is 5.68. The summed E-state index contributed by atoms with van der Waals surface area (Å²) in [6.45, 7) is 5.68. The maximum absolute atomic E-state index is 12.9. The molecule has 2 aromatic carbocycles. The van der Waals surface area contributed by atoms with E-state index in [1.807, 2.05) is 57.2 Å². The van der Waals surface area contributed by atoms with Crippen LogP contribution in [0.25, 0.3) is 0 Å². The molecule has 0 aliphatic heterocycles. The molecule has 7 nitrogen and oxygen atoms in total. The standard InChI is InChI=1S/C26H32N2O5/c1-17(2)24(27-25(30)20-9-5-18(3)6-10-20)26(31)33-16-23(29)28(21-11-12-21)15-19-7-13-22(32-4)14-8-19/h5-10,13-14,17,21,24H,11-12,15-16H2,1-4H3,(H,27,30). The summed E-state index contributed by atoms with van der Waals surface area (Å²) in [6, 6.07) is 14.0. The third kappa shape index (κ3) is 6.81. The van der Waals surface area contributed by atoms with Crippen molar-refractivity contribution < 1.29 is 23.9 Å². The monoisotopic (exact) mass is 452 g/mol. The molecule has 1 N–H and O–H groups in total. The molecule has 7 heteroatoms. The second-order valence-corrected chi connectivity index (χ2v) is 8.77. The molecular formula is C26H32N2O5. The third-order valence-electron chi connectivity index (χ3n) is 5.68. The van der Waals surface area contributed by atoms with Crippen LogP contribution in [0.4, 0.5) is 0 Å². The van der Waals surface area contributed by atoms with Gasteiger partial charge in [0.25, 0.3) is 11.8 Å². The number of hydrogen-bond acceptors (Lipinski definition) is 5. The fraction of sp³-hybridized carbons (Fsp3) is 0.423. The van der Waals surface area contributed by atoms with E-state index in [0.717, 1.165) is 29.7 Å². The largest absolute Gasteiger partial charge is 0.497 e. The molecule has 176 valence electrons. The number of nitrogens with one attached hydrogen (secondary N) is 1. The van der Waals surface area contributed by atoms with Gasteiger partial charge in [-0.05, 0) is 55.5 Å². The van der Waals surface area contributed by atoms with Gasteiger partial charge in [0.1, 0.15) is 11.8 Å². The maximum Gasteiger partial charge on any atom is 0.329 e. The Balaban J connectivity index is 1.58. The molecule has 2 amide bonds. The first kappa shape index (κ1) is 24.3. The van der Waals surface area contributed by atoms with Gasteiger partial charge in [-0.25, -0.2) is 4.79 Å². The molecule has 1 aliphatic carbocycles. The van der Waals surface area contributed by atoms with Crippen LogP contribution in [0.5, 0.6) is 5.75 Å². The predicted octanol–water partition coefficient (Wildman–Crippen LogP) is 3.49. The second kappa shape index (κ2) is 11.0. The van der Waals surface area contributed by atoms with Crippen LogP contribution in [0.2, 0.25) is 0 Å². The molecule has 1 aliphatic rings. The Labute approximate surface area is 195 Å². The van der Waals surface area contributed by atoms with Crippen LogP contribution in [-0.4, -0.2) is 48.5 Å². The first-order chi connectivity index (χ1) is 15.8. The number of carbonyl (C=O) groups excluding carboxylic acids is 3. The lowest BCUT2D eigenvalue weighted by Crippen LogP contribution is -2.46. The molecule has 0 bridgehead atoms. The Morgan fingerprint density at radius 3 is 2.21 bits per heavy atom. The molecule has 0 heterocycles. The van der Waals surface area contributed by atoms with E-state index in [1.165, 1.54) is 0 Å². The second-order valence-electron chi connectivity index (χ2n) is 8.77. The number of hydrogen-bond donors (Lipinski definition) is 1. The van der Waals surface area contributed by atoms with Crippen molar-refractivity contribution in [2.75, 3.05) is 13.7 Å². The van der Waals surface area contributed by atoms with Crippen LogP contribution in [0.3, 0.4) is 0 Å². The number of aryl methyl sites for hydroxylation is 1. The molecule has 0 radical (unpaired) electrons. The molecule has 33 heavy (non-hydrogen) atoms. The number of rotatable bonds is 10. The van der Waals surface area contributed by atoms with Crippen molar-refractivity contribution in [3.63, 3.8) is 0 Å². The van der Waals surface area contributed by atoms with Gasteiger partial charge in [-0.1, -0.05) is 43.7 Å². The lowest BCUT2D eigenvalue weighted by atomic mass is 10.0. The molecule has 3 rings (SSSR count). The van der Waals surface area contributed by atoms with Crippen molar-refractivity contribution in [3.8, 4) is 5.75 Å². The van der Waals surface area contributed by atoms with Gasteiger partial charge in [0, 0.05) is 18.2 Å². The van der Waals surface area contributed by atoms with E-state index in [1.54, 1.807) is 24.1 Å². The first-order valence-electron chi connectivity index (χ1n) is 11.2. The minimum absolute atomic E-state index is 0.167. The SMILES string of the molecule is COc1ccc(CN(C(=O)COC(=O)C(NC(=O)c2ccc(C)cc2)C(C)C)C2CC2)cc1. The number of methoxy groups -OCH3 is 1. The van der Waals surface area contributed by atoms with E-state index < -0.39 is 12.0 Å². The minimum Gasteiger partial charge on any atom is -0.497 e. The molecule has 1 fully saturated rings. The Bertz CT molecular complexity index is 965. The Hall–Kier alpha value is -3.35. The van der Waals surface area contributed by atoms with Crippen LogP contribution in [-0.2, 0) is 20.9 Å². The van der Waals surface area contributed by atoms with Gasteiger partial charge < -0.3 is 19.7 Å². The van der Waals surface area contributed by atoms with E-state index in [-0.39, 0.29) is 30.4 Å². The van der Waals surface area contributed by atoms with Gasteiger partial charge in [-0.2, -0.15) is 0 Å². The molecule has 1 unspecified atom stereocenters. The first-order valence-corrected chi connectivity index (χ1v) is 11.2. The molecular weight excluding hydrogens is 420 g/mol. The van der Waals surface area contributed by atoms with Crippen LogP contribution < -0.4 is 10.1 Å². The Kier molecular flexibility index (Phi) is 8.09. The number of benzene rings is 2. The zero-order chi connectivity index (χ0) is 24.0. The summed E-state index contributed by atoms with van der Waals surface area (Å²) in [5.74, 6) is -0.644. The minimum atomic E-state index is -0.845. The van der Waals surface area contributed by atoms with Gasteiger partial charge in [0.05, 0.1) is 7.11 Å². The predicted molar refractivity (Wildman–Crippen MR) is 125 cm³/mol. The molecule has 0 spiro atoms. The van der Waals surface area contributed by atoms with E-state index >= 15 is 0 Å². The number of nitrogens with zero attached hydrogens (tertiary/aromatic N) is 1. The molecule has 0 saturated heterocycles. The van der Waals surface area contributed by atoms with E-state index in [9.17, 15) is 14.4 Å². The lowest BCUT2D eigenvalue weighted by molar-refractivity contribution is -0.155. The topological polar surface area (TPSA) is 84.9 Å². The number of amides is 2. The molecule has 1 atom stereocenters. The van der Waals surface area contributed by atoms with E-state index in [2.05, 4.69) is 5.32 Å². The fourth-order valence-corrected chi connectivity index (χ4v) is 3.47. The lowest BCUT2D eigenvalue weighted by Gasteiger charge is -2.24. The zero-order valence-corrected chi connectivity index (χ0v) is 19.7. The molecule has 0 aromatic heterocycles. The van der Waals surface area contributed by atoms with Gasteiger partial charge in [-0.15, -0.1) is 0 Å². The number of esters is 1. The van der Waals surface area contributed by atoms with Crippen molar-refractivity contribution in [1.82, 2.24) is 10.2 Å². The zero-order valence-electron chi connectivity index (χ0n) is 19.7. The summed E-state index contributed by atoms with van der Waals surface area (Å²) < 4.78 is 10.5. The van der Waals surface area contributed by atoms with Gasteiger partial charge in [-0.3, -0.25) is 9.59 Å². The summed E-state index contributed by atoms with van der Waals surface area (Å²) in [5, 5.41) is 2.74. The van der Waals surface area contributed by atoms with Crippen molar-refractivity contribution in [2.24, 2.45) is 5.92 Å². The normalized spacial score (nSPS) is 13.8. The van der Waals surface area contributed by atoms with Crippen molar-refractivity contribution in [1.29, 1.82) is 0 Å². The van der Waals surface area contributed by atoms with Crippen LogP contribution in [0.15, 0.2) is 48.5 Å². The summed E-state index contributed by atoms with van der Waals surface area (Å²) in [7, 11) is 1.61. The number of carbonyl (C=O) groups is 3. The Morgan fingerprint density at radius 2 is 1.67 bits per heavy atom. The van der Waals surface area contributed by atoms with Gasteiger partial charge in [0.15, 0.2) is 6.61 Å². The average Bonchev–Trinajstić information content (AvgIpc) is 3.65. The highest BCUT2D eigenvalue weighted by molar-refractivity contribution is 5.97. The van der Waals surface area contributed by atoms with E-state index in [0.29, 0.717) is 12.1 Å². The van der Waals surface area contributed by atoms with E-state index in [4.69, 9.17) is 9.47 Å². The maximum atomic E-state index is 12.9. The smallest absolute Gasteiger partial charge is 0.329 e. The van der Waals surface area contributed by atoms with Crippen molar-refractivity contribution in [3.05, 3.63) is 65.2 Å². The summed E-state index contributed by atoms with van der Waals surface area (Å²) >= 11 is 0. The summed E-state index contributed by atoms with van der Waals surface area (Å²) in [5.41, 5.74) is 2.49.